The number of dihydropyridines is 1. The fourth-order valence-electron chi connectivity index (χ4n) is 1.16. The predicted molar refractivity (Wildman–Crippen MR) is 38.4 cm³/mol. The number of rotatable bonds is 0. The first-order valence-corrected chi connectivity index (χ1v) is 3.28. The van der Waals surface area contributed by atoms with Gasteiger partial charge >= 0.3 is 0 Å². The molecule has 0 saturated carbocycles. The molecule has 0 fully saturated rings. The van der Waals surface area contributed by atoms with Crippen LogP contribution in [0.5, 0.6) is 0 Å². The molecule has 0 radical (unpaired) electrons. The molecule has 5 N–H and O–H groups in total. The van der Waals surface area contributed by atoms with E-state index in [4.69, 9.17) is 5.73 Å². The Labute approximate surface area is 59.1 Å². The van der Waals surface area contributed by atoms with Crippen LogP contribution in [0.2, 0.25) is 0 Å². The van der Waals surface area contributed by atoms with Crippen LogP contribution in [0.25, 0.3) is 0 Å². The molecule has 1 unspecified atom stereocenters. The van der Waals surface area contributed by atoms with E-state index in [1.54, 1.807) is 0 Å². The van der Waals surface area contributed by atoms with Gasteiger partial charge in [0.1, 0.15) is 0 Å². The van der Waals surface area contributed by atoms with Crippen LogP contribution < -0.4 is 21.9 Å². The Morgan fingerprint density at radius 1 is 1.60 bits per heavy atom. The molecular weight excluding hydrogens is 128 g/mol. The van der Waals surface area contributed by atoms with Gasteiger partial charge in [0.15, 0.2) is 0 Å². The van der Waals surface area contributed by atoms with Crippen molar-refractivity contribution in [2.24, 2.45) is 5.73 Å². The third-order valence-corrected chi connectivity index (χ3v) is 1.74. The first kappa shape index (κ1) is 5.76. The number of hydrogen-bond acceptors (Lipinski definition) is 4. The highest BCUT2D eigenvalue weighted by Crippen LogP contribution is 2.11. The van der Waals surface area contributed by atoms with Gasteiger partial charge in [-0.2, -0.15) is 0 Å². The molecule has 0 aromatic heterocycles. The van der Waals surface area contributed by atoms with E-state index in [0.29, 0.717) is 0 Å². The van der Waals surface area contributed by atoms with Crippen molar-refractivity contribution in [1.29, 1.82) is 0 Å². The van der Waals surface area contributed by atoms with E-state index in [-0.39, 0.29) is 6.17 Å². The lowest BCUT2D eigenvalue weighted by atomic mass is 10.1. The second kappa shape index (κ2) is 2.00. The Morgan fingerprint density at radius 2 is 2.50 bits per heavy atom. The Hall–Kier alpha value is -1.00. The maximum absolute atomic E-state index is 5.68. The van der Waals surface area contributed by atoms with Gasteiger partial charge in [0, 0.05) is 12.1 Å². The summed E-state index contributed by atoms with van der Waals surface area (Å²) in [5, 5.41) is 3.09. The summed E-state index contributed by atoms with van der Waals surface area (Å²) in [7, 11) is 0. The highest BCUT2D eigenvalue weighted by molar-refractivity contribution is 5.34. The fourth-order valence-corrected chi connectivity index (χ4v) is 1.16. The number of hydrogen-bond donors (Lipinski definition) is 4. The average Bonchev–Trinajstić information content (AvgIpc) is 2.34. The van der Waals surface area contributed by atoms with Crippen molar-refractivity contribution in [3.8, 4) is 0 Å². The van der Waals surface area contributed by atoms with E-state index < -0.39 is 0 Å². The molecule has 0 saturated heterocycles. The molecule has 2 aliphatic heterocycles. The number of hydrazine groups is 1. The summed E-state index contributed by atoms with van der Waals surface area (Å²) in [5.41, 5.74) is 13.9. The van der Waals surface area contributed by atoms with Gasteiger partial charge in [-0.05, 0) is 12.3 Å². The zero-order valence-corrected chi connectivity index (χ0v) is 5.52. The number of nitrogens with two attached hydrogens (primary N) is 1. The molecular formula is C6H10N4. The molecule has 0 bridgehead atoms. The van der Waals surface area contributed by atoms with Crippen LogP contribution in [0, 0.1) is 0 Å². The van der Waals surface area contributed by atoms with Crippen LogP contribution in [0.15, 0.2) is 23.5 Å². The summed E-state index contributed by atoms with van der Waals surface area (Å²) in [4.78, 5) is 0. The monoisotopic (exact) mass is 138 g/mol. The molecule has 0 aromatic carbocycles. The van der Waals surface area contributed by atoms with Crippen molar-refractivity contribution in [2.75, 3.05) is 6.54 Å². The van der Waals surface area contributed by atoms with E-state index in [9.17, 15) is 0 Å². The van der Waals surface area contributed by atoms with Gasteiger partial charge in [0.25, 0.3) is 0 Å². The van der Waals surface area contributed by atoms with Gasteiger partial charge in [-0.15, -0.1) is 0 Å². The van der Waals surface area contributed by atoms with Crippen molar-refractivity contribution in [3.63, 3.8) is 0 Å². The summed E-state index contributed by atoms with van der Waals surface area (Å²) < 4.78 is 0. The van der Waals surface area contributed by atoms with E-state index in [0.717, 1.165) is 12.2 Å². The molecule has 54 valence electrons. The third-order valence-electron chi connectivity index (χ3n) is 1.74. The quantitative estimate of drug-likeness (QED) is 0.338. The van der Waals surface area contributed by atoms with Gasteiger partial charge in [0.05, 0.1) is 11.9 Å². The topological polar surface area (TPSA) is 62.1 Å². The van der Waals surface area contributed by atoms with Crippen LogP contribution in [0.4, 0.5) is 0 Å². The highest BCUT2D eigenvalue weighted by atomic mass is 15.4. The SMILES string of the molecule is NC1NNC2=C1CNC=C2. The molecule has 1 atom stereocenters. The van der Waals surface area contributed by atoms with Gasteiger partial charge in [-0.3, -0.25) is 0 Å². The Kier molecular flexibility index (Phi) is 1.15. The summed E-state index contributed by atoms with van der Waals surface area (Å²) in [6.45, 7) is 0.840. The van der Waals surface area contributed by atoms with Crippen molar-refractivity contribution in [2.45, 2.75) is 6.17 Å². The molecule has 2 aliphatic rings. The van der Waals surface area contributed by atoms with Crippen LogP contribution in [0.3, 0.4) is 0 Å². The Bertz CT molecular complexity index is 206. The first-order chi connectivity index (χ1) is 4.88. The van der Waals surface area contributed by atoms with E-state index >= 15 is 0 Å². The molecule has 10 heavy (non-hydrogen) atoms. The van der Waals surface area contributed by atoms with Crippen molar-refractivity contribution in [3.05, 3.63) is 23.5 Å². The highest BCUT2D eigenvalue weighted by Gasteiger charge is 2.20. The minimum atomic E-state index is -0.0348. The van der Waals surface area contributed by atoms with E-state index in [1.807, 2.05) is 12.3 Å². The lowest BCUT2D eigenvalue weighted by Crippen LogP contribution is -2.40. The molecule has 4 nitrogen and oxygen atoms in total. The first-order valence-electron chi connectivity index (χ1n) is 3.28. The van der Waals surface area contributed by atoms with Crippen LogP contribution >= 0.6 is 0 Å². The maximum Gasteiger partial charge on any atom is 0.0982 e. The maximum atomic E-state index is 5.68. The molecule has 0 spiro atoms. The third kappa shape index (κ3) is 0.698. The molecule has 2 heterocycles. The average molecular weight is 138 g/mol. The number of allylic oxidation sites excluding steroid dienone is 1. The molecule has 0 aliphatic carbocycles. The molecule has 0 aromatic rings. The molecule has 0 amide bonds. The lowest BCUT2D eigenvalue weighted by Gasteiger charge is -2.10. The van der Waals surface area contributed by atoms with E-state index in [1.165, 1.54) is 5.57 Å². The van der Waals surface area contributed by atoms with Gasteiger partial charge in [0.2, 0.25) is 0 Å². The largest absolute Gasteiger partial charge is 0.387 e. The van der Waals surface area contributed by atoms with Gasteiger partial charge in [-0.25, -0.2) is 5.43 Å². The van der Waals surface area contributed by atoms with Gasteiger partial charge in [-0.1, -0.05) is 0 Å². The number of nitrogens with one attached hydrogen (secondary N) is 3. The lowest BCUT2D eigenvalue weighted by molar-refractivity contribution is 0.579. The zero-order valence-electron chi connectivity index (χ0n) is 5.52. The standard InChI is InChI=1S/C6H10N4/c7-6-4-3-8-2-1-5(4)9-10-6/h1-2,6,8-10H,3,7H2. The minimum absolute atomic E-state index is 0.0348. The van der Waals surface area contributed by atoms with E-state index in [2.05, 4.69) is 16.2 Å². The van der Waals surface area contributed by atoms with Crippen molar-refractivity contribution < 1.29 is 0 Å². The van der Waals surface area contributed by atoms with Crippen molar-refractivity contribution >= 4 is 0 Å². The molecule has 4 heteroatoms. The van der Waals surface area contributed by atoms with Crippen LogP contribution in [-0.4, -0.2) is 12.7 Å². The minimum Gasteiger partial charge on any atom is -0.387 e. The summed E-state index contributed by atoms with van der Waals surface area (Å²) in [6, 6.07) is 0. The fraction of sp³-hybridized carbons (Fsp3) is 0.333. The smallest absolute Gasteiger partial charge is 0.0982 e. The summed E-state index contributed by atoms with van der Waals surface area (Å²) >= 11 is 0. The summed E-state index contributed by atoms with van der Waals surface area (Å²) in [5.74, 6) is 0. The Balaban J connectivity index is 2.29. The van der Waals surface area contributed by atoms with Gasteiger partial charge < -0.3 is 16.5 Å². The predicted octanol–water partition coefficient (Wildman–Crippen LogP) is -1.25. The van der Waals surface area contributed by atoms with Crippen LogP contribution in [0.1, 0.15) is 0 Å². The second-order valence-corrected chi connectivity index (χ2v) is 2.40. The second-order valence-electron chi connectivity index (χ2n) is 2.40. The molecule has 2 rings (SSSR count). The van der Waals surface area contributed by atoms with Crippen LogP contribution in [-0.2, 0) is 0 Å². The Morgan fingerprint density at radius 3 is 3.30 bits per heavy atom. The summed E-state index contributed by atoms with van der Waals surface area (Å²) in [6.07, 6.45) is 3.84. The normalized spacial score (nSPS) is 29.5. The zero-order chi connectivity index (χ0) is 6.97. The van der Waals surface area contributed by atoms with Crippen molar-refractivity contribution in [1.82, 2.24) is 16.2 Å².